The molecule has 0 aliphatic rings. The van der Waals surface area contributed by atoms with Crippen molar-refractivity contribution in [3.63, 3.8) is 0 Å². The lowest BCUT2D eigenvalue weighted by molar-refractivity contribution is 0.544. The Kier molecular flexibility index (Phi) is 5.41. The van der Waals surface area contributed by atoms with Gasteiger partial charge in [0.1, 0.15) is 5.82 Å². The van der Waals surface area contributed by atoms with Crippen molar-refractivity contribution in [2.24, 2.45) is 0 Å². The second-order valence-corrected chi connectivity index (χ2v) is 5.70. The number of hydrogen-bond acceptors (Lipinski definition) is 1. The molecule has 2 rings (SSSR count). The summed E-state index contributed by atoms with van der Waals surface area (Å²) in [7, 11) is 0. The molecule has 1 N–H and O–H groups in total. The van der Waals surface area contributed by atoms with Gasteiger partial charge >= 0.3 is 0 Å². The van der Waals surface area contributed by atoms with E-state index in [1.807, 2.05) is 18.2 Å². The van der Waals surface area contributed by atoms with Crippen molar-refractivity contribution >= 4 is 23.2 Å². The molecular weight excluding hydrogens is 296 g/mol. The van der Waals surface area contributed by atoms with Crippen LogP contribution in [0.15, 0.2) is 42.5 Å². The first-order valence-corrected chi connectivity index (χ1v) is 7.22. The van der Waals surface area contributed by atoms with Crippen molar-refractivity contribution in [2.75, 3.05) is 0 Å². The molecule has 0 saturated carbocycles. The SMILES string of the molecule is CC(Cc1cccc(Cl)c1)NCc1ccc(F)cc1Cl. The summed E-state index contributed by atoms with van der Waals surface area (Å²) in [6, 6.07) is 12.6. The average molecular weight is 312 g/mol. The van der Waals surface area contributed by atoms with Crippen molar-refractivity contribution in [3.05, 3.63) is 69.5 Å². The van der Waals surface area contributed by atoms with Crippen LogP contribution >= 0.6 is 23.2 Å². The topological polar surface area (TPSA) is 12.0 Å². The van der Waals surface area contributed by atoms with E-state index in [4.69, 9.17) is 23.2 Å². The van der Waals surface area contributed by atoms with Crippen molar-refractivity contribution < 1.29 is 4.39 Å². The Morgan fingerprint density at radius 2 is 1.95 bits per heavy atom. The van der Waals surface area contributed by atoms with E-state index in [0.717, 1.165) is 17.0 Å². The van der Waals surface area contributed by atoms with Crippen LogP contribution in [0.2, 0.25) is 10.0 Å². The third-order valence-electron chi connectivity index (χ3n) is 3.09. The van der Waals surface area contributed by atoms with Gasteiger partial charge in [-0.2, -0.15) is 0 Å². The highest BCUT2D eigenvalue weighted by Crippen LogP contribution is 2.17. The monoisotopic (exact) mass is 311 g/mol. The number of halogens is 3. The summed E-state index contributed by atoms with van der Waals surface area (Å²) in [5.41, 5.74) is 2.08. The van der Waals surface area contributed by atoms with Crippen LogP contribution in [-0.4, -0.2) is 6.04 Å². The van der Waals surface area contributed by atoms with Crippen LogP contribution in [0.5, 0.6) is 0 Å². The van der Waals surface area contributed by atoms with Crippen LogP contribution in [0.25, 0.3) is 0 Å². The normalized spacial score (nSPS) is 12.4. The van der Waals surface area contributed by atoms with E-state index in [-0.39, 0.29) is 11.9 Å². The molecule has 1 nitrogen and oxygen atoms in total. The molecule has 0 bridgehead atoms. The number of rotatable bonds is 5. The van der Waals surface area contributed by atoms with Gasteiger partial charge in [-0.25, -0.2) is 4.39 Å². The predicted octanol–water partition coefficient (Wildman–Crippen LogP) is 4.85. The lowest BCUT2D eigenvalue weighted by Gasteiger charge is -2.15. The summed E-state index contributed by atoms with van der Waals surface area (Å²) in [6.07, 6.45) is 0.874. The Morgan fingerprint density at radius 1 is 1.15 bits per heavy atom. The van der Waals surface area contributed by atoms with Gasteiger partial charge in [-0.05, 0) is 48.7 Å². The molecule has 1 atom stereocenters. The second-order valence-electron chi connectivity index (χ2n) is 4.85. The molecule has 2 aromatic carbocycles. The van der Waals surface area contributed by atoms with E-state index >= 15 is 0 Å². The average Bonchev–Trinajstić information content (AvgIpc) is 2.37. The Morgan fingerprint density at radius 3 is 2.65 bits per heavy atom. The Hall–Kier alpha value is -1.09. The molecule has 0 heterocycles. The second kappa shape index (κ2) is 7.07. The molecule has 2 aromatic rings. The minimum atomic E-state index is -0.314. The third kappa shape index (κ3) is 4.48. The summed E-state index contributed by atoms with van der Waals surface area (Å²) in [5, 5.41) is 4.58. The smallest absolute Gasteiger partial charge is 0.124 e. The molecule has 4 heteroatoms. The van der Waals surface area contributed by atoms with E-state index in [1.54, 1.807) is 6.07 Å². The van der Waals surface area contributed by atoms with E-state index in [9.17, 15) is 4.39 Å². The number of nitrogens with one attached hydrogen (secondary N) is 1. The van der Waals surface area contributed by atoms with E-state index < -0.39 is 0 Å². The molecule has 0 aliphatic carbocycles. The Bertz CT molecular complexity index is 586. The van der Waals surface area contributed by atoms with Gasteiger partial charge in [0.05, 0.1) is 0 Å². The van der Waals surface area contributed by atoms with Crippen LogP contribution in [-0.2, 0) is 13.0 Å². The summed E-state index contributed by atoms with van der Waals surface area (Å²) in [4.78, 5) is 0. The highest BCUT2D eigenvalue weighted by molar-refractivity contribution is 6.31. The molecule has 0 saturated heterocycles. The molecule has 0 radical (unpaired) electrons. The Labute approximate surface area is 128 Å². The zero-order chi connectivity index (χ0) is 14.5. The fourth-order valence-corrected chi connectivity index (χ4v) is 2.49. The first-order valence-electron chi connectivity index (χ1n) is 6.46. The molecule has 106 valence electrons. The highest BCUT2D eigenvalue weighted by Gasteiger charge is 2.06. The largest absolute Gasteiger partial charge is 0.310 e. The zero-order valence-electron chi connectivity index (χ0n) is 11.2. The van der Waals surface area contributed by atoms with Crippen molar-refractivity contribution in [1.82, 2.24) is 5.32 Å². The van der Waals surface area contributed by atoms with Gasteiger partial charge < -0.3 is 5.32 Å². The van der Waals surface area contributed by atoms with Crippen LogP contribution in [0.3, 0.4) is 0 Å². The fourth-order valence-electron chi connectivity index (χ4n) is 2.04. The third-order valence-corrected chi connectivity index (χ3v) is 3.67. The van der Waals surface area contributed by atoms with E-state index in [0.29, 0.717) is 11.6 Å². The van der Waals surface area contributed by atoms with Crippen LogP contribution in [0.4, 0.5) is 4.39 Å². The van der Waals surface area contributed by atoms with Crippen LogP contribution in [0.1, 0.15) is 18.1 Å². The molecule has 0 fully saturated rings. The van der Waals surface area contributed by atoms with Crippen molar-refractivity contribution in [3.8, 4) is 0 Å². The zero-order valence-corrected chi connectivity index (χ0v) is 12.7. The van der Waals surface area contributed by atoms with Gasteiger partial charge in [0.25, 0.3) is 0 Å². The maximum atomic E-state index is 13.0. The number of benzene rings is 2. The lowest BCUT2D eigenvalue weighted by atomic mass is 10.1. The van der Waals surface area contributed by atoms with Gasteiger partial charge in [-0.15, -0.1) is 0 Å². The highest BCUT2D eigenvalue weighted by atomic mass is 35.5. The summed E-state index contributed by atoms with van der Waals surface area (Å²) in [5.74, 6) is -0.314. The molecule has 0 aliphatic heterocycles. The Balaban J connectivity index is 1.90. The first-order chi connectivity index (χ1) is 9.54. The summed E-state index contributed by atoms with van der Waals surface area (Å²) >= 11 is 12.0. The van der Waals surface area contributed by atoms with Gasteiger partial charge in [0.2, 0.25) is 0 Å². The lowest BCUT2D eigenvalue weighted by Crippen LogP contribution is -2.27. The van der Waals surface area contributed by atoms with Crippen molar-refractivity contribution in [2.45, 2.75) is 25.9 Å². The number of hydrogen-bond donors (Lipinski definition) is 1. The van der Waals surface area contributed by atoms with Crippen molar-refractivity contribution in [1.29, 1.82) is 0 Å². The van der Waals surface area contributed by atoms with Gasteiger partial charge in [0, 0.05) is 22.6 Å². The maximum Gasteiger partial charge on any atom is 0.124 e. The van der Waals surface area contributed by atoms with Gasteiger partial charge in [0.15, 0.2) is 0 Å². The summed E-state index contributed by atoms with van der Waals surface area (Å²) < 4.78 is 13.0. The quantitative estimate of drug-likeness (QED) is 0.832. The van der Waals surface area contributed by atoms with Gasteiger partial charge in [-0.1, -0.05) is 41.4 Å². The minimum absolute atomic E-state index is 0.273. The summed E-state index contributed by atoms with van der Waals surface area (Å²) in [6.45, 7) is 2.71. The molecule has 0 spiro atoms. The molecular formula is C16H16Cl2FN. The maximum absolute atomic E-state index is 13.0. The minimum Gasteiger partial charge on any atom is -0.310 e. The van der Waals surface area contributed by atoms with Gasteiger partial charge in [-0.3, -0.25) is 0 Å². The standard InChI is InChI=1S/C16H16Cl2FN/c1-11(7-12-3-2-4-14(17)8-12)20-10-13-5-6-15(19)9-16(13)18/h2-6,8-9,11,20H,7,10H2,1H3. The van der Waals surface area contributed by atoms with Crippen LogP contribution < -0.4 is 5.32 Å². The predicted molar refractivity (Wildman–Crippen MR) is 82.9 cm³/mol. The molecule has 0 aromatic heterocycles. The fraction of sp³-hybridized carbons (Fsp3) is 0.250. The molecule has 1 unspecified atom stereocenters. The molecule has 0 amide bonds. The molecule has 20 heavy (non-hydrogen) atoms. The van der Waals surface area contributed by atoms with Crippen LogP contribution in [0, 0.1) is 5.82 Å². The van der Waals surface area contributed by atoms with E-state index in [1.165, 1.54) is 17.7 Å². The van der Waals surface area contributed by atoms with E-state index in [2.05, 4.69) is 18.3 Å². The first kappa shape index (κ1) is 15.3.